The van der Waals surface area contributed by atoms with E-state index in [-0.39, 0.29) is 11.5 Å². The van der Waals surface area contributed by atoms with Crippen molar-refractivity contribution in [3.63, 3.8) is 0 Å². The van der Waals surface area contributed by atoms with Crippen LogP contribution in [0.1, 0.15) is 48.0 Å². The van der Waals surface area contributed by atoms with E-state index in [9.17, 15) is 9.59 Å². The van der Waals surface area contributed by atoms with Crippen molar-refractivity contribution in [1.29, 1.82) is 0 Å². The fourth-order valence-corrected chi connectivity index (χ4v) is 6.68. The lowest BCUT2D eigenvalue weighted by molar-refractivity contribution is -0.131. The monoisotopic (exact) mass is 499 g/mol. The van der Waals surface area contributed by atoms with Gasteiger partial charge >= 0.3 is 0 Å². The van der Waals surface area contributed by atoms with Crippen molar-refractivity contribution in [2.45, 2.75) is 51.3 Å². The molecule has 7 nitrogen and oxygen atoms in total. The Hall–Kier alpha value is -2.52. The van der Waals surface area contributed by atoms with Crippen LogP contribution in [0.4, 0.5) is 0 Å². The Balaban J connectivity index is 1.17. The van der Waals surface area contributed by atoms with Crippen LogP contribution in [0, 0.1) is 0 Å². The molecule has 0 spiro atoms. The second-order valence-corrected chi connectivity index (χ2v) is 10.7. The first kappa shape index (κ1) is 23.2. The van der Waals surface area contributed by atoms with E-state index in [4.69, 9.17) is 14.5 Å². The molecule has 0 fully saturated rings. The molecule has 9 heteroatoms. The minimum Gasteiger partial charge on any atom is -0.486 e. The second kappa shape index (κ2) is 10.4. The van der Waals surface area contributed by atoms with Crippen molar-refractivity contribution >= 4 is 39.2 Å². The molecule has 1 amide bonds. The number of aryl methyl sites for hydroxylation is 2. The maximum absolute atomic E-state index is 12.9. The summed E-state index contributed by atoms with van der Waals surface area (Å²) in [6.45, 7) is 4.19. The zero-order valence-corrected chi connectivity index (χ0v) is 21.0. The first-order valence-corrected chi connectivity index (χ1v) is 13.9. The van der Waals surface area contributed by atoms with Crippen LogP contribution in [-0.4, -0.2) is 46.3 Å². The maximum atomic E-state index is 12.9. The molecule has 5 rings (SSSR count). The fraction of sp³-hybridized carbons (Fsp3) is 0.480. The summed E-state index contributed by atoms with van der Waals surface area (Å²) in [5.41, 5.74) is 2.15. The molecule has 1 N–H and O–H groups in total. The lowest BCUT2D eigenvalue weighted by Crippen LogP contribution is -2.31. The summed E-state index contributed by atoms with van der Waals surface area (Å²) in [6.07, 6.45) is 4.81. The van der Waals surface area contributed by atoms with Gasteiger partial charge in [-0.15, -0.1) is 11.3 Å². The van der Waals surface area contributed by atoms with E-state index in [1.54, 1.807) is 23.1 Å². The summed E-state index contributed by atoms with van der Waals surface area (Å²) in [4.78, 5) is 37.3. The Morgan fingerprint density at radius 1 is 1.24 bits per heavy atom. The van der Waals surface area contributed by atoms with Gasteiger partial charge in [-0.3, -0.25) is 9.59 Å². The van der Waals surface area contributed by atoms with Gasteiger partial charge in [0.25, 0.3) is 5.56 Å². The Labute approximate surface area is 206 Å². The van der Waals surface area contributed by atoms with Gasteiger partial charge in [0.2, 0.25) is 5.91 Å². The number of thiophene rings is 1. The number of benzene rings is 1. The molecular weight excluding hydrogens is 470 g/mol. The smallest absolute Gasteiger partial charge is 0.259 e. The number of carbonyl (C=O) groups excluding carboxylic acids is 1. The molecule has 0 radical (unpaired) electrons. The number of H-pyrrole nitrogens is 1. The summed E-state index contributed by atoms with van der Waals surface area (Å²) < 4.78 is 11.4. The van der Waals surface area contributed by atoms with E-state index in [1.165, 1.54) is 16.9 Å². The van der Waals surface area contributed by atoms with Gasteiger partial charge in [-0.2, -0.15) is 11.8 Å². The highest BCUT2D eigenvalue weighted by atomic mass is 32.2. The number of fused-ring (bicyclic) bond motifs is 4. The van der Waals surface area contributed by atoms with E-state index in [0.717, 1.165) is 46.5 Å². The molecular formula is C25H29N3O4S2. The molecule has 34 heavy (non-hydrogen) atoms. The largest absolute Gasteiger partial charge is 0.486 e. The van der Waals surface area contributed by atoms with Gasteiger partial charge < -0.3 is 19.4 Å². The Morgan fingerprint density at radius 3 is 2.97 bits per heavy atom. The minimum absolute atomic E-state index is 0.0226. The summed E-state index contributed by atoms with van der Waals surface area (Å²) >= 11 is 3.29. The molecule has 0 bridgehead atoms. The predicted molar refractivity (Wildman–Crippen MR) is 136 cm³/mol. The van der Waals surface area contributed by atoms with Crippen LogP contribution in [0.25, 0.3) is 10.2 Å². The number of ether oxygens (including phenoxy) is 2. The Kier molecular flexibility index (Phi) is 7.10. The fourth-order valence-electron chi connectivity index (χ4n) is 4.60. The summed E-state index contributed by atoms with van der Waals surface area (Å²) in [5, 5.41) is 0.791. The van der Waals surface area contributed by atoms with E-state index in [1.807, 2.05) is 30.0 Å². The van der Waals surface area contributed by atoms with E-state index in [0.29, 0.717) is 50.1 Å². The number of aromatic amines is 1. The van der Waals surface area contributed by atoms with Crippen LogP contribution >= 0.6 is 23.1 Å². The van der Waals surface area contributed by atoms with Gasteiger partial charge in [0, 0.05) is 35.7 Å². The van der Waals surface area contributed by atoms with Gasteiger partial charge in [-0.1, -0.05) is 12.1 Å². The van der Waals surface area contributed by atoms with Gasteiger partial charge in [-0.05, 0) is 44.2 Å². The maximum Gasteiger partial charge on any atom is 0.259 e. The van der Waals surface area contributed by atoms with Crippen molar-refractivity contribution in [1.82, 2.24) is 14.9 Å². The molecule has 3 aromatic rings. The van der Waals surface area contributed by atoms with Crippen LogP contribution in [0.15, 0.2) is 23.0 Å². The van der Waals surface area contributed by atoms with E-state index >= 15 is 0 Å². The molecule has 0 unspecified atom stereocenters. The highest BCUT2D eigenvalue weighted by molar-refractivity contribution is 7.98. The molecule has 2 aliphatic rings. The number of para-hydroxylation sites is 1. The highest BCUT2D eigenvalue weighted by Gasteiger charge is 2.21. The van der Waals surface area contributed by atoms with Crippen LogP contribution in [0.5, 0.6) is 11.5 Å². The minimum atomic E-state index is -0.0226. The molecule has 1 aliphatic carbocycles. The summed E-state index contributed by atoms with van der Waals surface area (Å²) in [6, 6.07) is 5.82. The van der Waals surface area contributed by atoms with Crippen molar-refractivity contribution in [2.24, 2.45) is 0 Å². The van der Waals surface area contributed by atoms with Crippen molar-refractivity contribution in [3.05, 3.63) is 50.4 Å². The van der Waals surface area contributed by atoms with Crippen LogP contribution in [0.3, 0.4) is 0 Å². The first-order chi connectivity index (χ1) is 16.6. The van der Waals surface area contributed by atoms with Crippen LogP contribution in [-0.2, 0) is 29.9 Å². The highest BCUT2D eigenvalue weighted by Crippen LogP contribution is 2.35. The zero-order chi connectivity index (χ0) is 23.5. The predicted octanol–water partition coefficient (Wildman–Crippen LogP) is 4.31. The Bertz CT molecular complexity index is 1250. The molecule has 2 aromatic heterocycles. The topological polar surface area (TPSA) is 84.5 Å². The summed E-state index contributed by atoms with van der Waals surface area (Å²) in [7, 11) is 0. The number of nitrogens with zero attached hydrogens (tertiary/aromatic N) is 2. The van der Waals surface area contributed by atoms with Gasteiger partial charge in [0.1, 0.15) is 23.9 Å². The molecule has 0 atom stereocenters. The van der Waals surface area contributed by atoms with E-state index < -0.39 is 0 Å². The molecule has 1 aromatic carbocycles. The van der Waals surface area contributed by atoms with Crippen molar-refractivity contribution in [3.8, 4) is 11.5 Å². The molecule has 1 aliphatic heterocycles. The van der Waals surface area contributed by atoms with Crippen LogP contribution in [0.2, 0.25) is 0 Å². The normalized spacial score (nSPS) is 14.7. The third kappa shape index (κ3) is 4.81. The van der Waals surface area contributed by atoms with Gasteiger partial charge in [-0.25, -0.2) is 4.98 Å². The number of aromatic nitrogens is 2. The van der Waals surface area contributed by atoms with Gasteiger partial charge in [0.05, 0.1) is 11.1 Å². The number of amides is 1. The summed E-state index contributed by atoms with van der Waals surface area (Å²) in [5.74, 6) is 3.54. The number of hydrogen-bond acceptors (Lipinski definition) is 7. The van der Waals surface area contributed by atoms with E-state index in [2.05, 4.69) is 4.98 Å². The quantitative estimate of drug-likeness (QED) is 0.465. The van der Waals surface area contributed by atoms with Gasteiger partial charge in [0.15, 0.2) is 11.5 Å². The standard InChI is InChI=1S/C25H29N3O4S2/c1-2-28(14-16-6-5-8-18-23(16)32-12-11-31-18)21(29)10-13-33-15-20-26-24(30)22-17-7-3-4-9-19(17)34-25(22)27-20/h5-6,8H,2-4,7,9-15H2,1H3,(H,26,27,30). The molecule has 0 saturated carbocycles. The van der Waals surface area contributed by atoms with Crippen molar-refractivity contribution in [2.75, 3.05) is 25.5 Å². The molecule has 3 heterocycles. The third-order valence-electron chi connectivity index (χ3n) is 6.32. The second-order valence-electron chi connectivity index (χ2n) is 8.56. The number of hydrogen-bond donors (Lipinski definition) is 1. The average molecular weight is 500 g/mol. The number of carbonyl (C=O) groups is 1. The Morgan fingerprint density at radius 2 is 2.09 bits per heavy atom. The lowest BCUT2D eigenvalue weighted by atomic mass is 9.97. The molecule has 180 valence electrons. The molecule has 0 saturated heterocycles. The lowest BCUT2D eigenvalue weighted by Gasteiger charge is -2.25. The van der Waals surface area contributed by atoms with Crippen LogP contribution < -0.4 is 15.0 Å². The van der Waals surface area contributed by atoms with Crippen molar-refractivity contribution < 1.29 is 14.3 Å². The number of rotatable bonds is 8. The average Bonchev–Trinajstić information content (AvgIpc) is 3.24. The third-order valence-corrected chi connectivity index (χ3v) is 8.47. The first-order valence-electron chi connectivity index (χ1n) is 11.9. The number of thioether (sulfide) groups is 1. The SMILES string of the molecule is CCN(Cc1cccc2c1OCCO2)C(=O)CCSCc1nc2sc3c(c2c(=O)[nH]1)CCCC3. The number of nitrogens with one attached hydrogen (secondary N) is 1. The zero-order valence-electron chi connectivity index (χ0n) is 19.4.